The third-order valence-corrected chi connectivity index (χ3v) is 5.63. The minimum Gasteiger partial charge on any atom is -0.489 e. The second-order valence-electron chi connectivity index (χ2n) is 6.94. The molecule has 2 aromatic carbocycles. The maximum Gasteiger partial charge on any atom is 0.270 e. The number of halogens is 2. The first-order chi connectivity index (χ1) is 14.6. The molecule has 5 nitrogen and oxygen atoms in total. The number of thiazole rings is 1. The predicted octanol–water partition coefficient (Wildman–Crippen LogP) is 4.58. The molecule has 0 bridgehead atoms. The smallest absolute Gasteiger partial charge is 0.270 e. The summed E-state index contributed by atoms with van der Waals surface area (Å²) < 4.78 is 37.4. The molecule has 156 valence electrons. The van der Waals surface area contributed by atoms with Crippen LogP contribution in [0.5, 0.6) is 5.75 Å². The first-order valence-corrected chi connectivity index (χ1v) is 10.5. The Balaban J connectivity index is 1.33. The zero-order chi connectivity index (χ0) is 20.9. The molecule has 1 amide bonds. The third kappa shape index (κ3) is 5.01. The van der Waals surface area contributed by atoms with E-state index in [2.05, 4.69) is 10.3 Å². The quantitative estimate of drug-likeness (QED) is 0.596. The molecule has 8 heteroatoms. The summed E-state index contributed by atoms with van der Waals surface area (Å²) in [6, 6.07) is 10.9. The molecule has 1 atom stereocenters. The average molecular weight is 430 g/mol. The van der Waals surface area contributed by atoms with Crippen molar-refractivity contribution < 1.29 is 23.0 Å². The van der Waals surface area contributed by atoms with E-state index in [1.54, 1.807) is 17.5 Å². The van der Waals surface area contributed by atoms with Crippen molar-refractivity contribution in [3.8, 4) is 16.3 Å². The second kappa shape index (κ2) is 9.32. The Kier molecular flexibility index (Phi) is 6.35. The van der Waals surface area contributed by atoms with Gasteiger partial charge < -0.3 is 14.8 Å². The number of nitrogens with zero attached hydrogens (tertiary/aromatic N) is 1. The van der Waals surface area contributed by atoms with Crippen LogP contribution in [0.15, 0.2) is 47.8 Å². The number of rotatable bonds is 7. The molecule has 1 N–H and O–H groups in total. The fraction of sp³-hybridized carbons (Fsp3) is 0.273. The molecule has 0 unspecified atom stereocenters. The standard InChI is InChI=1S/C22H20F2N2O3S/c23-18-8-3-14(10-19(18)24)12-29-16-6-4-15(5-7-16)22-26-20(13-30-22)21(27)25-11-17-2-1-9-28-17/h3-8,10,13,17H,1-2,9,11-12H2,(H,25,27)/t17-/m0/s1. The van der Waals surface area contributed by atoms with E-state index in [4.69, 9.17) is 9.47 Å². The van der Waals surface area contributed by atoms with E-state index in [9.17, 15) is 13.6 Å². The Morgan fingerprint density at radius 1 is 1.20 bits per heavy atom. The lowest BCUT2D eigenvalue weighted by Crippen LogP contribution is -2.31. The van der Waals surface area contributed by atoms with E-state index in [0.29, 0.717) is 23.6 Å². The van der Waals surface area contributed by atoms with E-state index in [-0.39, 0.29) is 18.6 Å². The van der Waals surface area contributed by atoms with E-state index in [1.165, 1.54) is 17.4 Å². The van der Waals surface area contributed by atoms with Crippen LogP contribution in [-0.2, 0) is 11.3 Å². The van der Waals surface area contributed by atoms with Gasteiger partial charge in [0.25, 0.3) is 5.91 Å². The van der Waals surface area contributed by atoms with Crippen molar-refractivity contribution in [3.05, 3.63) is 70.7 Å². The number of ether oxygens (including phenoxy) is 2. The lowest BCUT2D eigenvalue weighted by molar-refractivity contribution is 0.0854. The van der Waals surface area contributed by atoms with Crippen LogP contribution in [-0.4, -0.2) is 30.1 Å². The molecular formula is C22H20F2N2O3S. The number of carbonyl (C=O) groups excluding carboxylic acids is 1. The van der Waals surface area contributed by atoms with Gasteiger partial charge in [-0.1, -0.05) is 6.07 Å². The number of benzene rings is 2. The number of carbonyl (C=O) groups is 1. The van der Waals surface area contributed by atoms with Crippen molar-refractivity contribution >= 4 is 17.2 Å². The summed E-state index contributed by atoms with van der Waals surface area (Å²) >= 11 is 1.39. The number of hydrogen-bond acceptors (Lipinski definition) is 5. The van der Waals surface area contributed by atoms with E-state index in [0.717, 1.165) is 42.2 Å². The lowest BCUT2D eigenvalue weighted by Gasteiger charge is -2.09. The van der Waals surface area contributed by atoms with Gasteiger partial charge in [0.05, 0.1) is 6.10 Å². The Hall–Kier alpha value is -2.84. The number of amides is 1. The minimum absolute atomic E-state index is 0.0889. The highest BCUT2D eigenvalue weighted by Crippen LogP contribution is 2.26. The Bertz CT molecular complexity index is 1020. The van der Waals surface area contributed by atoms with Crippen LogP contribution in [0.25, 0.3) is 10.6 Å². The summed E-state index contributed by atoms with van der Waals surface area (Å²) in [5.74, 6) is -1.40. The molecule has 3 aromatic rings. The highest BCUT2D eigenvalue weighted by Gasteiger charge is 2.18. The highest BCUT2D eigenvalue weighted by molar-refractivity contribution is 7.13. The third-order valence-electron chi connectivity index (χ3n) is 4.74. The van der Waals surface area contributed by atoms with Crippen LogP contribution in [0.4, 0.5) is 8.78 Å². The molecule has 1 aromatic heterocycles. The van der Waals surface area contributed by atoms with Gasteiger partial charge in [0.1, 0.15) is 23.1 Å². The van der Waals surface area contributed by atoms with Gasteiger partial charge >= 0.3 is 0 Å². The normalized spacial score (nSPS) is 15.9. The predicted molar refractivity (Wildman–Crippen MR) is 110 cm³/mol. The van der Waals surface area contributed by atoms with E-state index in [1.807, 2.05) is 12.1 Å². The summed E-state index contributed by atoms with van der Waals surface area (Å²) in [4.78, 5) is 16.7. The maximum absolute atomic E-state index is 13.3. The van der Waals surface area contributed by atoms with Crippen molar-refractivity contribution in [1.29, 1.82) is 0 Å². The van der Waals surface area contributed by atoms with Gasteiger partial charge in [-0.3, -0.25) is 4.79 Å². The fourth-order valence-corrected chi connectivity index (χ4v) is 3.91. The molecule has 1 aliphatic rings. The van der Waals surface area contributed by atoms with Crippen LogP contribution in [0, 0.1) is 11.6 Å². The first-order valence-electron chi connectivity index (χ1n) is 9.61. The van der Waals surface area contributed by atoms with Crippen LogP contribution in [0.2, 0.25) is 0 Å². The van der Waals surface area contributed by atoms with Gasteiger partial charge in [-0.15, -0.1) is 11.3 Å². The lowest BCUT2D eigenvalue weighted by atomic mass is 10.2. The Morgan fingerprint density at radius 3 is 2.77 bits per heavy atom. The topological polar surface area (TPSA) is 60.5 Å². The summed E-state index contributed by atoms with van der Waals surface area (Å²) in [6.45, 7) is 1.38. The van der Waals surface area contributed by atoms with E-state index >= 15 is 0 Å². The zero-order valence-electron chi connectivity index (χ0n) is 16.1. The molecule has 0 spiro atoms. The van der Waals surface area contributed by atoms with E-state index < -0.39 is 11.6 Å². The van der Waals surface area contributed by atoms with Crippen molar-refractivity contribution in [1.82, 2.24) is 10.3 Å². The van der Waals surface area contributed by atoms with Gasteiger partial charge in [-0.05, 0) is 54.8 Å². The van der Waals surface area contributed by atoms with Gasteiger partial charge in [0.2, 0.25) is 0 Å². The maximum atomic E-state index is 13.3. The molecule has 1 fully saturated rings. The average Bonchev–Trinajstić information content (AvgIpc) is 3.46. The summed E-state index contributed by atoms with van der Waals surface area (Å²) in [5.41, 5.74) is 1.78. The van der Waals surface area contributed by atoms with Crippen LogP contribution >= 0.6 is 11.3 Å². The van der Waals surface area contributed by atoms with Crippen LogP contribution in [0.1, 0.15) is 28.9 Å². The molecule has 2 heterocycles. The zero-order valence-corrected chi connectivity index (χ0v) is 16.9. The molecule has 4 rings (SSSR count). The molecule has 0 radical (unpaired) electrons. The first kappa shape index (κ1) is 20.4. The largest absolute Gasteiger partial charge is 0.489 e. The fourth-order valence-electron chi connectivity index (χ4n) is 3.10. The number of nitrogens with one attached hydrogen (secondary N) is 1. The van der Waals surface area contributed by atoms with Crippen LogP contribution in [0.3, 0.4) is 0 Å². The molecule has 0 saturated carbocycles. The summed E-state index contributed by atoms with van der Waals surface area (Å²) in [7, 11) is 0. The monoisotopic (exact) mass is 430 g/mol. The van der Waals surface area contributed by atoms with Crippen LogP contribution < -0.4 is 10.1 Å². The van der Waals surface area contributed by atoms with Gasteiger partial charge in [0.15, 0.2) is 11.6 Å². The molecular weight excluding hydrogens is 410 g/mol. The second-order valence-corrected chi connectivity index (χ2v) is 7.80. The van der Waals surface area contributed by atoms with Crippen molar-refractivity contribution in [2.75, 3.05) is 13.2 Å². The summed E-state index contributed by atoms with van der Waals surface area (Å²) in [6.07, 6.45) is 2.08. The Labute approximate surface area is 176 Å². The SMILES string of the molecule is O=C(NC[C@@H]1CCCO1)c1csc(-c2ccc(OCc3ccc(F)c(F)c3)cc2)n1. The minimum atomic E-state index is -0.897. The molecule has 0 aliphatic carbocycles. The summed E-state index contributed by atoms with van der Waals surface area (Å²) in [5, 5.41) is 5.32. The number of hydrogen-bond donors (Lipinski definition) is 1. The van der Waals surface area contributed by atoms with Crippen molar-refractivity contribution in [2.24, 2.45) is 0 Å². The van der Waals surface area contributed by atoms with Crippen molar-refractivity contribution in [3.63, 3.8) is 0 Å². The number of aromatic nitrogens is 1. The Morgan fingerprint density at radius 2 is 2.03 bits per heavy atom. The highest BCUT2D eigenvalue weighted by atomic mass is 32.1. The van der Waals surface area contributed by atoms with Crippen molar-refractivity contribution in [2.45, 2.75) is 25.6 Å². The van der Waals surface area contributed by atoms with Gasteiger partial charge in [-0.2, -0.15) is 0 Å². The van der Waals surface area contributed by atoms with Gasteiger partial charge in [0, 0.05) is 24.1 Å². The van der Waals surface area contributed by atoms with Gasteiger partial charge in [-0.25, -0.2) is 13.8 Å². The molecule has 1 aliphatic heterocycles. The molecule has 1 saturated heterocycles. The molecule has 30 heavy (non-hydrogen) atoms.